The van der Waals surface area contributed by atoms with Crippen molar-refractivity contribution in [1.82, 2.24) is 4.72 Å². The second kappa shape index (κ2) is 5.66. The van der Waals surface area contributed by atoms with E-state index in [0.717, 1.165) is 11.6 Å². The summed E-state index contributed by atoms with van der Waals surface area (Å²) in [5.74, 6) is -1.98. The summed E-state index contributed by atoms with van der Waals surface area (Å²) in [6.45, 7) is 0.0507. The zero-order chi connectivity index (χ0) is 14.0. The van der Waals surface area contributed by atoms with E-state index in [9.17, 15) is 17.2 Å². The first kappa shape index (κ1) is 14.6. The van der Waals surface area contributed by atoms with Crippen LogP contribution in [0.4, 0.5) is 8.78 Å². The molecular formula is C11H8BrF2NO2S2. The summed E-state index contributed by atoms with van der Waals surface area (Å²) in [6, 6.07) is 3.19. The maximum absolute atomic E-state index is 13.6. The third kappa shape index (κ3) is 3.38. The molecule has 1 aromatic heterocycles. The topological polar surface area (TPSA) is 46.2 Å². The summed E-state index contributed by atoms with van der Waals surface area (Å²) in [6.07, 6.45) is 0. The van der Waals surface area contributed by atoms with Gasteiger partial charge in [0.15, 0.2) is 0 Å². The van der Waals surface area contributed by atoms with Gasteiger partial charge in [0.2, 0.25) is 10.0 Å². The average Bonchev–Trinajstić information content (AvgIpc) is 2.77. The standard InChI is InChI=1S/C11H8BrF2NO2S2/c12-9-3-8(13)4-10(14)11(9)19(16,17)15-5-7-1-2-18-6-7/h1-4,6,15H,5H2. The van der Waals surface area contributed by atoms with Crippen molar-refractivity contribution < 1.29 is 17.2 Å². The van der Waals surface area contributed by atoms with Crippen molar-refractivity contribution >= 4 is 37.3 Å². The van der Waals surface area contributed by atoms with E-state index in [1.54, 1.807) is 16.8 Å². The Morgan fingerprint density at radius 1 is 1.32 bits per heavy atom. The van der Waals surface area contributed by atoms with E-state index in [1.165, 1.54) is 11.3 Å². The number of rotatable bonds is 4. The molecule has 0 radical (unpaired) electrons. The van der Waals surface area contributed by atoms with Gasteiger partial charge < -0.3 is 0 Å². The van der Waals surface area contributed by atoms with Gasteiger partial charge in [0.05, 0.1) is 0 Å². The molecule has 0 aliphatic carbocycles. The summed E-state index contributed by atoms with van der Waals surface area (Å²) < 4.78 is 52.6. The predicted molar refractivity (Wildman–Crippen MR) is 72.4 cm³/mol. The summed E-state index contributed by atoms with van der Waals surface area (Å²) in [7, 11) is -4.05. The molecule has 0 saturated heterocycles. The normalized spacial score (nSPS) is 11.7. The second-order valence-corrected chi connectivity index (χ2v) is 6.99. The number of benzene rings is 1. The molecule has 0 aliphatic rings. The van der Waals surface area contributed by atoms with Gasteiger partial charge in [0.1, 0.15) is 16.5 Å². The molecule has 3 nitrogen and oxygen atoms in total. The highest BCUT2D eigenvalue weighted by Gasteiger charge is 2.23. The summed E-state index contributed by atoms with van der Waals surface area (Å²) in [5.41, 5.74) is 0.771. The van der Waals surface area contributed by atoms with Gasteiger partial charge >= 0.3 is 0 Å². The maximum atomic E-state index is 13.6. The van der Waals surface area contributed by atoms with Crippen LogP contribution >= 0.6 is 27.3 Å². The molecular weight excluding hydrogens is 360 g/mol. The van der Waals surface area contributed by atoms with Crippen LogP contribution in [-0.4, -0.2) is 8.42 Å². The van der Waals surface area contributed by atoms with Crippen LogP contribution in [-0.2, 0) is 16.6 Å². The molecule has 2 aromatic rings. The van der Waals surface area contributed by atoms with Crippen LogP contribution in [0.2, 0.25) is 0 Å². The average molecular weight is 368 g/mol. The lowest BCUT2D eigenvalue weighted by atomic mass is 10.3. The van der Waals surface area contributed by atoms with Crippen molar-refractivity contribution in [2.75, 3.05) is 0 Å². The molecule has 19 heavy (non-hydrogen) atoms. The zero-order valence-electron chi connectivity index (χ0n) is 9.36. The number of halogens is 3. The molecule has 0 fully saturated rings. The molecule has 0 spiro atoms. The van der Waals surface area contributed by atoms with Crippen LogP contribution in [0.5, 0.6) is 0 Å². The first-order valence-electron chi connectivity index (χ1n) is 5.05. The molecule has 0 aliphatic heterocycles. The lowest BCUT2D eigenvalue weighted by Gasteiger charge is -2.09. The van der Waals surface area contributed by atoms with Gasteiger partial charge in [-0.15, -0.1) is 0 Å². The molecule has 0 unspecified atom stereocenters. The van der Waals surface area contributed by atoms with Crippen LogP contribution in [0.25, 0.3) is 0 Å². The van der Waals surface area contributed by atoms with E-state index < -0.39 is 26.6 Å². The Bertz CT molecular complexity index is 664. The molecule has 8 heteroatoms. The van der Waals surface area contributed by atoms with E-state index >= 15 is 0 Å². The SMILES string of the molecule is O=S(=O)(NCc1ccsc1)c1c(F)cc(F)cc1Br. The smallest absolute Gasteiger partial charge is 0.207 e. The first-order valence-corrected chi connectivity index (χ1v) is 8.27. The quantitative estimate of drug-likeness (QED) is 0.901. The lowest BCUT2D eigenvalue weighted by Crippen LogP contribution is -2.24. The second-order valence-electron chi connectivity index (χ2n) is 3.65. The van der Waals surface area contributed by atoms with Gasteiger partial charge in [0.25, 0.3) is 0 Å². The van der Waals surface area contributed by atoms with E-state index in [2.05, 4.69) is 20.7 Å². The molecule has 102 valence electrons. The number of thiophene rings is 1. The Hall–Kier alpha value is -0.830. The monoisotopic (exact) mass is 367 g/mol. The van der Waals surface area contributed by atoms with Crippen LogP contribution < -0.4 is 4.72 Å². The Balaban J connectivity index is 2.29. The highest BCUT2D eigenvalue weighted by molar-refractivity contribution is 9.10. The van der Waals surface area contributed by atoms with Crippen LogP contribution in [0.1, 0.15) is 5.56 Å². The molecule has 0 bridgehead atoms. The summed E-state index contributed by atoms with van der Waals surface area (Å²) >= 11 is 4.28. The van der Waals surface area contributed by atoms with Crippen molar-refractivity contribution in [2.24, 2.45) is 0 Å². The van der Waals surface area contributed by atoms with Crippen molar-refractivity contribution in [3.8, 4) is 0 Å². The first-order chi connectivity index (χ1) is 8.90. The van der Waals surface area contributed by atoms with Gasteiger partial charge in [-0.1, -0.05) is 0 Å². The Labute approximate surface area is 121 Å². The highest BCUT2D eigenvalue weighted by atomic mass is 79.9. The fraction of sp³-hybridized carbons (Fsp3) is 0.0909. The fourth-order valence-corrected chi connectivity index (χ4v) is 4.28. The minimum atomic E-state index is -4.05. The van der Waals surface area contributed by atoms with Crippen molar-refractivity contribution in [3.05, 3.63) is 50.6 Å². The van der Waals surface area contributed by atoms with Crippen molar-refractivity contribution in [3.63, 3.8) is 0 Å². The van der Waals surface area contributed by atoms with Crippen LogP contribution in [0.3, 0.4) is 0 Å². The lowest BCUT2D eigenvalue weighted by molar-refractivity contribution is 0.540. The summed E-state index contributed by atoms with van der Waals surface area (Å²) in [4.78, 5) is -0.593. The Morgan fingerprint density at radius 2 is 2.05 bits per heavy atom. The van der Waals surface area contributed by atoms with E-state index in [-0.39, 0.29) is 11.0 Å². The largest absolute Gasteiger partial charge is 0.244 e. The van der Waals surface area contributed by atoms with E-state index in [1.807, 2.05) is 0 Å². The Morgan fingerprint density at radius 3 is 2.63 bits per heavy atom. The fourth-order valence-electron chi connectivity index (χ4n) is 1.43. The Kier molecular flexibility index (Phi) is 4.34. The van der Waals surface area contributed by atoms with Gasteiger partial charge in [-0.25, -0.2) is 21.9 Å². The zero-order valence-corrected chi connectivity index (χ0v) is 12.6. The minimum absolute atomic E-state index is 0.0507. The van der Waals surface area contributed by atoms with Crippen molar-refractivity contribution in [1.29, 1.82) is 0 Å². The minimum Gasteiger partial charge on any atom is -0.207 e. The van der Waals surface area contributed by atoms with E-state index in [4.69, 9.17) is 0 Å². The molecule has 1 N–H and O–H groups in total. The van der Waals surface area contributed by atoms with Crippen LogP contribution in [0.15, 0.2) is 38.3 Å². The van der Waals surface area contributed by atoms with Gasteiger partial charge in [-0.3, -0.25) is 0 Å². The molecule has 2 rings (SSSR count). The molecule has 1 aromatic carbocycles. The van der Waals surface area contributed by atoms with Gasteiger partial charge in [0, 0.05) is 17.1 Å². The molecule has 1 heterocycles. The number of hydrogen-bond acceptors (Lipinski definition) is 3. The molecule has 0 amide bonds. The van der Waals surface area contributed by atoms with Gasteiger partial charge in [-0.2, -0.15) is 11.3 Å². The van der Waals surface area contributed by atoms with Gasteiger partial charge in [-0.05, 0) is 44.4 Å². The number of hydrogen-bond donors (Lipinski definition) is 1. The van der Waals surface area contributed by atoms with Crippen LogP contribution in [0, 0.1) is 11.6 Å². The van der Waals surface area contributed by atoms with Crippen molar-refractivity contribution in [2.45, 2.75) is 11.4 Å². The molecule has 0 atom stereocenters. The molecule has 0 saturated carbocycles. The third-order valence-electron chi connectivity index (χ3n) is 2.28. The number of nitrogens with one attached hydrogen (secondary N) is 1. The number of sulfonamides is 1. The predicted octanol–water partition coefficient (Wildman–Crippen LogP) is 3.27. The summed E-state index contributed by atoms with van der Waals surface area (Å²) in [5, 5.41) is 3.58. The third-order valence-corrected chi connectivity index (χ3v) is 5.37. The highest BCUT2D eigenvalue weighted by Crippen LogP contribution is 2.26. The maximum Gasteiger partial charge on any atom is 0.244 e. The van der Waals surface area contributed by atoms with E-state index in [0.29, 0.717) is 6.07 Å².